The van der Waals surface area contributed by atoms with E-state index in [-0.39, 0.29) is 0 Å². The molecule has 146 valence electrons. The van der Waals surface area contributed by atoms with Crippen LogP contribution in [0.15, 0.2) is 87.0 Å². The van der Waals surface area contributed by atoms with Gasteiger partial charge in [0.15, 0.2) is 0 Å². The Bertz CT molecular complexity index is 812. The van der Waals surface area contributed by atoms with Crippen LogP contribution in [-0.2, 0) is 30.2 Å². The van der Waals surface area contributed by atoms with Gasteiger partial charge in [0.25, 0.3) is 0 Å². The number of rotatable bonds is 12. The second kappa shape index (κ2) is 11.2. The average Bonchev–Trinajstić information content (AvgIpc) is 2.67. The minimum absolute atomic E-state index is 0.552. The lowest BCUT2D eigenvalue weighted by Crippen LogP contribution is -2.00. The highest BCUT2D eigenvalue weighted by Crippen LogP contribution is 2.36. The lowest BCUT2D eigenvalue weighted by atomic mass is 10.0. The van der Waals surface area contributed by atoms with E-state index in [0.717, 1.165) is 22.3 Å². The van der Waals surface area contributed by atoms with Crippen molar-refractivity contribution in [2.45, 2.75) is 25.7 Å². The first-order chi connectivity index (χ1) is 13.6. The summed E-state index contributed by atoms with van der Waals surface area (Å²) in [6.45, 7) is 15.2. The molecule has 0 atom stereocenters. The molecule has 0 heterocycles. The van der Waals surface area contributed by atoms with Gasteiger partial charge < -0.3 is 9.05 Å². The molecule has 0 saturated heterocycles. The zero-order chi connectivity index (χ0) is 20.4. The molecule has 0 aliphatic heterocycles. The zero-order valence-electron chi connectivity index (χ0n) is 16.2. The predicted octanol–water partition coefficient (Wildman–Crippen LogP) is 6.45. The highest BCUT2D eigenvalue weighted by Gasteiger charge is 2.14. The second-order valence-corrected chi connectivity index (χ2v) is 7.12. The van der Waals surface area contributed by atoms with Gasteiger partial charge in [-0.1, -0.05) is 48.6 Å². The van der Waals surface area contributed by atoms with Gasteiger partial charge in [-0.05, 0) is 48.9 Å². The van der Waals surface area contributed by atoms with Gasteiger partial charge in [-0.3, -0.25) is 0 Å². The van der Waals surface area contributed by atoms with E-state index in [1.807, 2.05) is 36.4 Å². The maximum atomic E-state index is 12.7. The van der Waals surface area contributed by atoms with Crippen LogP contribution in [-0.4, -0.2) is 0 Å². The summed E-state index contributed by atoms with van der Waals surface area (Å²) in [5, 5.41) is 0. The first-order valence-corrected chi connectivity index (χ1v) is 10.4. The van der Waals surface area contributed by atoms with Crippen LogP contribution in [0.4, 0.5) is 0 Å². The second-order valence-electron chi connectivity index (χ2n) is 6.21. The topological polar surface area (TPSA) is 35.5 Å². The van der Waals surface area contributed by atoms with Crippen molar-refractivity contribution in [2.24, 2.45) is 0 Å². The van der Waals surface area contributed by atoms with E-state index in [0.29, 0.717) is 37.2 Å². The maximum Gasteiger partial charge on any atom is 0.418 e. The van der Waals surface area contributed by atoms with Gasteiger partial charge in [0.1, 0.15) is 11.5 Å². The van der Waals surface area contributed by atoms with Gasteiger partial charge in [-0.25, -0.2) is 4.57 Å². The molecule has 0 aliphatic rings. The fourth-order valence-corrected chi connectivity index (χ4v) is 3.84. The number of hydrogen-bond donors (Lipinski definition) is 0. The highest BCUT2D eigenvalue weighted by molar-refractivity contribution is 7.34. The van der Waals surface area contributed by atoms with Crippen molar-refractivity contribution in [2.75, 3.05) is 0 Å². The van der Waals surface area contributed by atoms with E-state index < -0.39 is 8.25 Å². The highest BCUT2D eigenvalue weighted by atomic mass is 31.1. The summed E-state index contributed by atoms with van der Waals surface area (Å²) in [4.78, 5) is 0. The Morgan fingerprint density at radius 1 is 0.679 bits per heavy atom. The van der Waals surface area contributed by atoms with Crippen molar-refractivity contribution in [1.82, 2.24) is 0 Å². The Hall–Kier alpha value is -2.77. The Balaban J connectivity index is 2.27. The van der Waals surface area contributed by atoms with Crippen molar-refractivity contribution in [1.29, 1.82) is 0 Å². The van der Waals surface area contributed by atoms with Crippen molar-refractivity contribution < 1.29 is 13.6 Å². The van der Waals surface area contributed by atoms with Crippen molar-refractivity contribution in [3.8, 4) is 11.5 Å². The van der Waals surface area contributed by atoms with Gasteiger partial charge in [0.05, 0.1) is 0 Å². The van der Waals surface area contributed by atoms with Crippen molar-refractivity contribution in [3.05, 3.63) is 109 Å². The molecule has 0 radical (unpaired) electrons. The molecule has 0 fully saturated rings. The van der Waals surface area contributed by atoms with E-state index in [1.165, 1.54) is 0 Å². The van der Waals surface area contributed by atoms with Crippen LogP contribution in [0.2, 0.25) is 0 Å². The molecule has 28 heavy (non-hydrogen) atoms. The normalized spacial score (nSPS) is 10.3. The van der Waals surface area contributed by atoms with Crippen LogP contribution in [0.25, 0.3) is 0 Å². The molecular formula is C24H27O3P. The van der Waals surface area contributed by atoms with Crippen LogP contribution in [0, 0.1) is 0 Å². The number of hydrogen-bond acceptors (Lipinski definition) is 3. The van der Waals surface area contributed by atoms with Crippen LogP contribution in [0.3, 0.4) is 0 Å². The van der Waals surface area contributed by atoms with Crippen LogP contribution in [0.1, 0.15) is 22.3 Å². The molecule has 0 amide bonds. The standard InChI is InChI=1S/C24H27O3P/c1-5-11-19-15-9-17-23(21(19)13-7-3)26-28(25)27-24-18-10-16-20(12-6-2)22(24)14-8-4/h5-10,15-18,28H,1-4,11-14H2. The monoisotopic (exact) mass is 394 g/mol. The summed E-state index contributed by atoms with van der Waals surface area (Å²) in [5.41, 5.74) is 4.04. The molecule has 2 aromatic rings. The third kappa shape index (κ3) is 5.61. The quantitative estimate of drug-likeness (QED) is 0.307. The van der Waals surface area contributed by atoms with E-state index >= 15 is 0 Å². The summed E-state index contributed by atoms with van der Waals surface area (Å²) < 4.78 is 24.1. The Morgan fingerprint density at radius 2 is 1.07 bits per heavy atom. The van der Waals surface area contributed by atoms with Crippen LogP contribution < -0.4 is 9.05 Å². The van der Waals surface area contributed by atoms with Gasteiger partial charge in [0.2, 0.25) is 0 Å². The molecule has 0 aliphatic carbocycles. The lowest BCUT2D eigenvalue weighted by molar-refractivity contribution is 0.412. The lowest BCUT2D eigenvalue weighted by Gasteiger charge is -2.16. The molecule has 2 rings (SSSR count). The first kappa shape index (κ1) is 21.5. The largest absolute Gasteiger partial charge is 0.418 e. The van der Waals surface area contributed by atoms with E-state index in [4.69, 9.17) is 9.05 Å². The Labute approximate surface area is 168 Å². The molecular weight excluding hydrogens is 367 g/mol. The van der Waals surface area contributed by atoms with E-state index in [9.17, 15) is 4.57 Å². The molecule has 0 aromatic heterocycles. The fourth-order valence-electron chi connectivity index (χ4n) is 3.06. The molecule has 2 aromatic carbocycles. The molecule has 0 unspecified atom stereocenters. The summed E-state index contributed by atoms with van der Waals surface area (Å²) in [7, 11) is -2.81. The SMILES string of the molecule is C=CCc1cccc(O[PH](=O)Oc2cccc(CC=C)c2CC=C)c1CC=C. The maximum absolute atomic E-state index is 12.7. The van der Waals surface area contributed by atoms with E-state index in [2.05, 4.69) is 26.3 Å². The Morgan fingerprint density at radius 3 is 1.43 bits per heavy atom. The molecule has 0 saturated carbocycles. The van der Waals surface area contributed by atoms with Crippen molar-refractivity contribution >= 4 is 8.25 Å². The van der Waals surface area contributed by atoms with Gasteiger partial charge >= 0.3 is 8.25 Å². The first-order valence-electron chi connectivity index (χ1n) is 9.19. The molecule has 0 spiro atoms. The summed E-state index contributed by atoms with van der Waals surface area (Å²) in [6.07, 6.45) is 9.90. The van der Waals surface area contributed by atoms with E-state index in [1.54, 1.807) is 24.3 Å². The number of benzene rings is 2. The van der Waals surface area contributed by atoms with Gasteiger partial charge in [0, 0.05) is 11.1 Å². The van der Waals surface area contributed by atoms with Crippen LogP contribution >= 0.6 is 8.25 Å². The van der Waals surface area contributed by atoms with Crippen LogP contribution in [0.5, 0.6) is 11.5 Å². The minimum atomic E-state index is -2.81. The summed E-state index contributed by atoms with van der Waals surface area (Å²) >= 11 is 0. The van der Waals surface area contributed by atoms with Gasteiger partial charge in [-0.15, -0.1) is 26.3 Å². The number of allylic oxidation sites excluding steroid dienone is 4. The molecule has 4 heteroatoms. The van der Waals surface area contributed by atoms with Gasteiger partial charge in [-0.2, -0.15) is 0 Å². The van der Waals surface area contributed by atoms with Crippen molar-refractivity contribution in [3.63, 3.8) is 0 Å². The zero-order valence-corrected chi connectivity index (χ0v) is 17.2. The molecule has 3 nitrogen and oxygen atoms in total. The molecule has 0 N–H and O–H groups in total. The third-order valence-corrected chi connectivity index (χ3v) is 5.05. The Kier molecular flexibility index (Phi) is 8.58. The third-order valence-electron chi connectivity index (χ3n) is 4.27. The average molecular weight is 394 g/mol. The summed E-state index contributed by atoms with van der Waals surface area (Å²) in [5.74, 6) is 1.10. The predicted molar refractivity (Wildman–Crippen MR) is 119 cm³/mol. The fraction of sp³-hybridized carbons (Fsp3) is 0.167. The summed E-state index contributed by atoms with van der Waals surface area (Å²) in [6, 6.07) is 11.4. The molecule has 0 bridgehead atoms. The minimum Gasteiger partial charge on any atom is -0.418 e. The smallest absolute Gasteiger partial charge is 0.418 e.